The van der Waals surface area contributed by atoms with Crippen LogP contribution in [0.5, 0.6) is 5.75 Å². The summed E-state index contributed by atoms with van der Waals surface area (Å²) < 4.78 is 42.6. The molecule has 1 heterocycles. The Kier molecular flexibility index (Phi) is 5.16. The maximum absolute atomic E-state index is 12.4. The summed E-state index contributed by atoms with van der Waals surface area (Å²) in [5, 5.41) is 0.651. The minimum atomic E-state index is -4.20. The van der Waals surface area contributed by atoms with Crippen LogP contribution in [0.15, 0.2) is 6.07 Å². The van der Waals surface area contributed by atoms with Gasteiger partial charge in [-0.1, -0.05) is 23.2 Å². The average Bonchev–Trinajstić information content (AvgIpc) is 2.35. The fourth-order valence-corrected chi connectivity index (χ4v) is 3.23. The Morgan fingerprint density at radius 1 is 1.41 bits per heavy atom. The average molecular weight is 357 g/mol. The molecule has 0 aliphatic carbocycles. The van der Waals surface area contributed by atoms with E-state index >= 15 is 0 Å². The van der Waals surface area contributed by atoms with Gasteiger partial charge >= 0.3 is 6.18 Å². The Hall–Kier alpha value is -0.690. The van der Waals surface area contributed by atoms with Gasteiger partial charge in [-0.3, -0.25) is 4.90 Å². The number of nitrogens with zero attached hydrogens (tertiary/aromatic N) is 1. The standard InChI is InChI=1S/C14H17Cl2F3N2O/c1-7(20)9-3-10(15)12(16)11(13(9)22-2)8-4-21(5-8)6-14(17,18)19/h3,7-8H,4-6,20H2,1-2H3. The number of hydrogen-bond donors (Lipinski definition) is 1. The van der Waals surface area contributed by atoms with Crippen molar-refractivity contribution in [1.29, 1.82) is 0 Å². The second-order valence-electron chi connectivity index (χ2n) is 5.50. The van der Waals surface area contributed by atoms with Gasteiger partial charge in [0, 0.05) is 36.2 Å². The number of nitrogens with two attached hydrogens (primary N) is 1. The molecule has 1 unspecified atom stereocenters. The van der Waals surface area contributed by atoms with Gasteiger partial charge in [0.2, 0.25) is 0 Å². The fourth-order valence-electron chi connectivity index (χ4n) is 2.72. The Labute approximate surface area is 137 Å². The summed E-state index contributed by atoms with van der Waals surface area (Å²) in [5.74, 6) is 0.363. The summed E-state index contributed by atoms with van der Waals surface area (Å²) in [7, 11) is 1.49. The highest BCUT2D eigenvalue weighted by Gasteiger charge is 2.39. The van der Waals surface area contributed by atoms with Crippen molar-refractivity contribution in [3.8, 4) is 5.75 Å². The molecule has 1 aromatic rings. The zero-order valence-corrected chi connectivity index (χ0v) is 13.7. The first-order chi connectivity index (χ1) is 10.1. The van der Waals surface area contributed by atoms with E-state index in [0.717, 1.165) is 0 Å². The van der Waals surface area contributed by atoms with Crippen molar-refractivity contribution in [2.75, 3.05) is 26.7 Å². The smallest absolute Gasteiger partial charge is 0.401 e. The second-order valence-corrected chi connectivity index (χ2v) is 6.29. The summed E-state index contributed by atoms with van der Waals surface area (Å²) >= 11 is 12.4. The first-order valence-corrected chi connectivity index (χ1v) is 7.50. The van der Waals surface area contributed by atoms with Gasteiger partial charge in [0.15, 0.2) is 0 Å². The zero-order chi connectivity index (χ0) is 16.7. The van der Waals surface area contributed by atoms with Crippen molar-refractivity contribution in [3.63, 3.8) is 0 Å². The summed E-state index contributed by atoms with van der Waals surface area (Å²) in [6.07, 6.45) is -4.20. The van der Waals surface area contributed by atoms with Gasteiger partial charge in [-0.25, -0.2) is 0 Å². The van der Waals surface area contributed by atoms with Crippen LogP contribution in [0.2, 0.25) is 10.0 Å². The topological polar surface area (TPSA) is 38.5 Å². The molecule has 0 aromatic heterocycles. The van der Waals surface area contributed by atoms with Crippen LogP contribution in [-0.2, 0) is 0 Å². The maximum Gasteiger partial charge on any atom is 0.401 e. The molecule has 0 bridgehead atoms. The van der Waals surface area contributed by atoms with E-state index in [0.29, 0.717) is 26.9 Å². The van der Waals surface area contributed by atoms with E-state index in [9.17, 15) is 13.2 Å². The molecular weight excluding hydrogens is 340 g/mol. The van der Waals surface area contributed by atoms with Gasteiger partial charge < -0.3 is 10.5 Å². The first-order valence-electron chi connectivity index (χ1n) is 6.74. The van der Waals surface area contributed by atoms with E-state index in [1.807, 2.05) is 0 Å². The van der Waals surface area contributed by atoms with Gasteiger partial charge in [-0.2, -0.15) is 13.2 Å². The number of likely N-dealkylation sites (tertiary alicyclic amines) is 1. The lowest BCUT2D eigenvalue weighted by Crippen LogP contribution is -2.49. The molecule has 1 aliphatic heterocycles. The molecule has 1 aliphatic rings. The van der Waals surface area contributed by atoms with Crippen LogP contribution in [0, 0.1) is 0 Å². The molecule has 3 nitrogen and oxygen atoms in total. The molecule has 124 valence electrons. The molecule has 0 spiro atoms. The third kappa shape index (κ3) is 3.62. The number of ether oxygens (including phenoxy) is 1. The normalized spacial score (nSPS) is 18.2. The van der Waals surface area contributed by atoms with Crippen LogP contribution < -0.4 is 10.5 Å². The van der Waals surface area contributed by atoms with Gasteiger partial charge in [-0.15, -0.1) is 0 Å². The zero-order valence-electron chi connectivity index (χ0n) is 12.2. The number of benzene rings is 1. The summed E-state index contributed by atoms with van der Waals surface area (Å²) in [5.41, 5.74) is 7.24. The molecule has 22 heavy (non-hydrogen) atoms. The van der Waals surface area contributed by atoms with E-state index in [2.05, 4.69) is 0 Å². The number of hydrogen-bond acceptors (Lipinski definition) is 3. The quantitative estimate of drug-likeness (QED) is 0.886. The molecule has 0 radical (unpaired) electrons. The summed E-state index contributed by atoms with van der Waals surface area (Å²) in [4.78, 5) is 1.31. The summed E-state index contributed by atoms with van der Waals surface area (Å²) in [6.45, 7) is 1.37. The molecular formula is C14H17Cl2F3N2O. The van der Waals surface area contributed by atoms with E-state index in [1.165, 1.54) is 12.0 Å². The third-order valence-electron chi connectivity index (χ3n) is 3.70. The molecule has 1 fully saturated rings. The Bertz CT molecular complexity index is 558. The Morgan fingerprint density at radius 2 is 2.00 bits per heavy atom. The van der Waals surface area contributed by atoms with Crippen LogP contribution in [0.1, 0.15) is 30.0 Å². The Balaban J connectivity index is 2.28. The van der Waals surface area contributed by atoms with E-state index in [4.69, 9.17) is 33.7 Å². The van der Waals surface area contributed by atoms with Crippen molar-refractivity contribution in [1.82, 2.24) is 4.90 Å². The lowest BCUT2D eigenvalue weighted by atomic mass is 9.88. The molecule has 8 heteroatoms. The minimum absolute atomic E-state index is 0.152. The van der Waals surface area contributed by atoms with Crippen molar-refractivity contribution in [2.24, 2.45) is 5.73 Å². The molecule has 0 saturated carbocycles. The van der Waals surface area contributed by atoms with Crippen LogP contribution in [0.4, 0.5) is 13.2 Å². The number of alkyl halides is 3. The lowest BCUT2D eigenvalue weighted by molar-refractivity contribution is -0.154. The van der Waals surface area contributed by atoms with E-state index in [-0.39, 0.29) is 25.0 Å². The summed E-state index contributed by atoms with van der Waals surface area (Å²) in [6, 6.07) is 1.32. The van der Waals surface area contributed by atoms with E-state index in [1.54, 1.807) is 13.0 Å². The maximum atomic E-state index is 12.4. The third-order valence-corrected chi connectivity index (χ3v) is 4.50. The van der Waals surface area contributed by atoms with Crippen molar-refractivity contribution < 1.29 is 17.9 Å². The van der Waals surface area contributed by atoms with E-state index < -0.39 is 12.7 Å². The monoisotopic (exact) mass is 356 g/mol. The van der Waals surface area contributed by atoms with Gasteiger partial charge in [0.05, 0.1) is 23.7 Å². The van der Waals surface area contributed by atoms with Crippen LogP contribution in [0.25, 0.3) is 0 Å². The SMILES string of the molecule is COc1c(C(C)N)cc(Cl)c(Cl)c1C1CN(CC(F)(F)F)C1. The largest absolute Gasteiger partial charge is 0.496 e. The molecule has 1 atom stereocenters. The highest BCUT2D eigenvalue weighted by molar-refractivity contribution is 6.42. The molecule has 2 N–H and O–H groups in total. The number of halogens is 5. The van der Waals surface area contributed by atoms with Crippen molar-refractivity contribution >= 4 is 23.2 Å². The number of rotatable bonds is 4. The van der Waals surface area contributed by atoms with Gasteiger partial charge in [0.25, 0.3) is 0 Å². The highest BCUT2D eigenvalue weighted by atomic mass is 35.5. The predicted molar refractivity (Wildman–Crippen MR) is 80.9 cm³/mol. The number of methoxy groups -OCH3 is 1. The van der Waals surface area contributed by atoms with Gasteiger partial charge in [-0.05, 0) is 13.0 Å². The van der Waals surface area contributed by atoms with Gasteiger partial charge in [0.1, 0.15) is 5.75 Å². The van der Waals surface area contributed by atoms with Crippen LogP contribution >= 0.6 is 23.2 Å². The molecule has 0 amide bonds. The molecule has 1 saturated heterocycles. The highest BCUT2D eigenvalue weighted by Crippen LogP contribution is 2.45. The molecule has 2 rings (SSSR count). The second kappa shape index (κ2) is 6.43. The first kappa shape index (κ1) is 17.7. The van der Waals surface area contributed by atoms with Crippen molar-refractivity contribution in [2.45, 2.75) is 25.1 Å². The fraction of sp³-hybridized carbons (Fsp3) is 0.571. The predicted octanol–water partition coefficient (Wildman–Crippen LogP) is 3.98. The van der Waals surface area contributed by atoms with Crippen LogP contribution in [-0.4, -0.2) is 37.8 Å². The van der Waals surface area contributed by atoms with Crippen LogP contribution in [0.3, 0.4) is 0 Å². The molecule has 1 aromatic carbocycles. The Morgan fingerprint density at radius 3 is 2.45 bits per heavy atom. The lowest BCUT2D eigenvalue weighted by Gasteiger charge is -2.41. The van der Waals surface area contributed by atoms with Crippen molar-refractivity contribution in [3.05, 3.63) is 27.2 Å². The minimum Gasteiger partial charge on any atom is -0.496 e.